The van der Waals surface area contributed by atoms with Crippen LogP contribution in [0.3, 0.4) is 0 Å². The molecule has 0 spiro atoms. The van der Waals surface area contributed by atoms with Gasteiger partial charge in [-0.2, -0.15) is 5.10 Å². The van der Waals surface area contributed by atoms with Gasteiger partial charge in [0.25, 0.3) is 0 Å². The van der Waals surface area contributed by atoms with Crippen molar-refractivity contribution in [3.05, 3.63) is 24.5 Å². The van der Waals surface area contributed by atoms with Gasteiger partial charge in [-0.05, 0) is 25.5 Å². The Morgan fingerprint density at radius 2 is 2.69 bits per heavy atom. The van der Waals surface area contributed by atoms with E-state index < -0.39 is 0 Å². The Balaban J connectivity index is 2.03. The molecule has 2 heterocycles. The zero-order chi connectivity index (χ0) is 9.10. The molecule has 0 aromatic carbocycles. The second-order valence-electron chi connectivity index (χ2n) is 3.45. The van der Waals surface area contributed by atoms with Gasteiger partial charge in [0.2, 0.25) is 0 Å². The summed E-state index contributed by atoms with van der Waals surface area (Å²) in [5, 5.41) is 7.62. The zero-order valence-corrected chi connectivity index (χ0v) is 7.74. The summed E-state index contributed by atoms with van der Waals surface area (Å²) in [5.41, 5.74) is 1.24. The lowest BCUT2D eigenvalue weighted by atomic mass is 10.1. The van der Waals surface area contributed by atoms with Crippen LogP contribution in [0.2, 0.25) is 0 Å². The van der Waals surface area contributed by atoms with Gasteiger partial charge in [0.05, 0.1) is 0 Å². The smallest absolute Gasteiger partial charge is 0.0496 e. The number of hydrogen-bond acceptors (Lipinski definition) is 2. The number of hydrogen-bond donors (Lipinski definition) is 1. The van der Waals surface area contributed by atoms with Crippen LogP contribution in [-0.4, -0.2) is 22.4 Å². The van der Waals surface area contributed by atoms with Crippen LogP contribution in [0.5, 0.6) is 0 Å². The maximum atomic E-state index is 4.15. The quantitative estimate of drug-likeness (QED) is 0.753. The molecule has 2 rings (SSSR count). The van der Waals surface area contributed by atoms with Crippen molar-refractivity contribution in [2.24, 2.45) is 0 Å². The Bertz CT molecular complexity index is 284. The van der Waals surface area contributed by atoms with Gasteiger partial charge in [-0.15, -0.1) is 0 Å². The highest BCUT2D eigenvalue weighted by Gasteiger charge is 2.15. The molecule has 1 aliphatic heterocycles. The number of aromatic nitrogens is 2. The lowest BCUT2D eigenvalue weighted by Crippen LogP contribution is -2.24. The summed E-state index contributed by atoms with van der Waals surface area (Å²) in [6.07, 6.45) is 7.22. The summed E-state index contributed by atoms with van der Waals surface area (Å²) in [4.78, 5) is 0. The molecule has 1 saturated heterocycles. The molecule has 0 radical (unpaired) electrons. The summed E-state index contributed by atoms with van der Waals surface area (Å²) < 4.78 is 1.85. The van der Waals surface area contributed by atoms with Gasteiger partial charge in [0.15, 0.2) is 0 Å². The van der Waals surface area contributed by atoms with Crippen molar-refractivity contribution in [1.29, 1.82) is 0 Å². The van der Waals surface area contributed by atoms with Crippen LogP contribution in [-0.2, 0) is 6.42 Å². The highest BCUT2D eigenvalue weighted by atomic mass is 15.3. The summed E-state index contributed by atoms with van der Waals surface area (Å²) in [5.74, 6) is 0. The molecule has 13 heavy (non-hydrogen) atoms. The zero-order valence-electron chi connectivity index (χ0n) is 7.74. The van der Waals surface area contributed by atoms with Crippen LogP contribution in [0.25, 0.3) is 6.20 Å². The second kappa shape index (κ2) is 3.75. The van der Waals surface area contributed by atoms with Crippen molar-refractivity contribution in [3.8, 4) is 0 Å². The van der Waals surface area contributed by atoms with Gasteiger partial charge in [-0.25, -0.2) is 4.68 Å². The normalized spacial score (nSPS) is 22.0. The van der Waals surface area contributed by atoms with Crippen LogP contribution in [0, 0.1) is 0 Å². The lowest BCUT2D eigenvalue weighted by molar-refractivity contribution is 0.587. The van der Waals surface area contributed by atoms with Crippen molar-refractivity contribution in [2.45, 2.75) is 25.3 Å². The molecular weight excluding hydrogens is 162 g/mol. The van der Waals surface area contributed by atoms with Crippen LogP contribution in [0.4, 0.5) is 0 Å². The fraction of sp³-hybridized carbons (Fsp3) is 0.500. The third kappa shape index (κ3) is 1.80. The van der Waals surface area contributed by atoms with Gasteiger partial charge in [-0.3, -0.25) is 0 Å². The maximum absolute atomic E-state index is 4.15. The molecule has 3 heteroatoms. The number of nitrogens with one attached hydrogen (secondary N) is 1. The lowest BCUT2D eigenvalue weighted by Gasteiger charge is -2.09. The SMILES string of the molecule is C=Cn1nccc1CC1CCCN1. The van der Waals surface area contributed by atoms with E-state index in [2.05, 4.69) is 23.1 Å². The standard InChI is InChI=1S/C10H15N3/c1-2-13-10(5-7-12-13)8-9-4-3-6-11-9/h2,5,7,9,11H,1,3-4,6,8H2. The molecule has 1 aromatic rings. The van der Waals surface area contributed by atoms with Crippen molar-refractivity contribution < 1.29 is 0 Å². The predicted molar refractivity (Wildman–Crippen MR) is 53.3 cm³/mol. The molecule has 1 aliphatic rings. The molecule has 1 fully saturated rings. The third-order valence-corrected chi connectivity index (χ3v) is 2.54. The van der Waals surface area contributed by atoms with Crippen LogP contribution < -0.4 is 5.32 Å². The Labute approximate surface area is 78.4 Å². The average molecular weight is 177 g/mol. The van der Waals surface area contributed by atoms with Gasteiger partial charge in [0, 0.05) is 30.6 Å². The minimum Gasteiger partial charge on any atom is -0.314 e. The second-order valence-corrected chi connectivity index (χ2v) is 3.45. The van der Waals surface area contributed by atoms with Gasteiger partial charge in [-0.1, -0.05) is 6.58 Å². The van der Waals surface area contributed by atoms with Crippen LogP contribution in [0.1, 0.15) is 18.5 Å². The molecule has 1 unspecified atom stereocenters. The molecule has 1 N–H and O–H groups in total. The van der Waals surface area contributed by atoms with E-state index in [1.165, 1.54) is 18.5 Å². The summed E-state index contributed by atoms with van der Waals surface area (Å²) in [7, 11) is 0. The van der Waals surface area contributed by atoms with Crippen molar-refractivity contribution >= 4 is 6.20 Å². The molecule has 0 bridgehead atoms. The van der Waals surface area contributed by atoms with Crippen LogP contribution in [0.15, 0.2) is 18.8 Å². The fourth-order valence-electron chi connectivity index (χ4n) is 1.85. The predicted octanol–water partition coefficient (Wildman–Crippen LogP) is 1.28. The first kappa shape index (κ1) is 8.51. The molecule has 0 saturated carbocycles. The molecule has 3 nitrogen and oxygen atoms in total. The van der Waals surface area contributed by atoms with E-state index in [1.54, 1.807) is 6.20 Å². The van der Waals surface area contributed by atoms with E-state index in [9.17, 15) is 0 Å². The van der Waals surface area contributed by atoms with Gasteiger partial charge >= 0.3 is 0 Å². The van der Waals surface area contributed by atoms with Crippen molar-refractivity contribution in [3.63, 3.8) is 0 Å². The van der Waals surface area contributed by atoms with E-state index in [0.717, 1.165) is 13.0 Å². The Kier molecular flexibility index (Phi) is 2.45. The van der Waals surface area contributed by atoms with Gasteiger partial charge < -0.3 is 5.32 Å². The molecular formula is C10H15N3. The van der Waals surface area contributed by atoms with Crippen molar-refractivity contribution in [1.82, 2.24) is 15.1 Å². The summed E-state index contributed by atoms with van der Waals surface area (Å²) in [6, 6.07) is 2.69. The maximum Gasteiger partial charge on any atom is 0.0496 e. The topological polar surface area (TPSA) is 29.9 Å². The highest BCUT2D eigenvalue weighted by molar-refractivity contribution is 5.20. The molecule has 0 amide bonds. The van der Waals surface area contributed by atoms with E-state index in [1.807, 2.05) is 10.9 Å². The molecule has 1 atom stereocenters. The largest absolute Gasteiger partial charge is 0.314 e. The van der Waals surface area contributed by atoms with E-state index in [-0.39, 0.29) is 0 Å². The van der Waals surface area contributed by atoms with E-state index in [0.29, 0.717) is 6.04 Å². The Morgan fingerprint density at radius 1 is 1.77 bits per heavy atom. The van der Waals surface area contributed by atoms with E-state index in [4.69, 9.17) is 0 Å². The molecule has 0 aliphatic carbocycles. The first-order valence-electron chi connectivity index (χ1n) is 4.78. The van der Waals surface area contributed by atoms with Crippen molar-refractivity contribution in [2.75, 3.05) is 6.54 Å². The number of rotatable bonds is 3. The first-order valence-corrected chi connectivity index (χ1v) is 4.78. The third-order valence-electron chi connectivity index (χ3n) is 2.54. The molecule has 70 valence electrons. The average Bonchev–Trinajstić information content (AvgIpc) is 2.76. The summed E-state index contributed by atoms with van der Waals surface area (Å²) in [6.45, 7) is 4.88. The van der Waals surface area contributed by atoms with Gasteiger partial charge in [0.1, 0.15) is 0 Å². The monoisotopic (exact) mass is 177 g/mol. The Morgan fingerprint density at radius 3 is 3.38 bits per heavy atom. The summed E-state index contributed by atoms with van der Waals surface area (Å²) >= 11 is 0. The fourth-order valence-corrected chi connectivity index (χ4v) is 1.85. The Hall–Kier alpha value is -1.09. The number of nitrogens with zero attached hydrogens (tertiary/aromatic N) is 2. The minimum absolute atomic E-state index is 0.635. The first-order chi connectivity index (χ1) is 6.40. The highest BCUT2D eigenvalue weighted by Crippen LogP contribution is 2.11. The minimum atomic E-state index is 0.635. The van der Waals surface area contributed by atoms with Crippen LogP contribution >= 0.6 is 0 Å². The van der Waals surface area contributed by atoms with E-state index >= 15 is 0 Å². The molecule has 1 aromatic heterocycles.